The van der Waals surface area contributed by atoms with E-state index in [1.807, 2.05) is 95.8 Å². The SMILES string of the molecule is C(=N\Nc1nncc2ccccc12)/c1cn(-c2ccccc2)nc1-c1cc2ccccc2o1. The highest BCUT2D eigenvalue weighted by Crippen LogP contribution is 2.29. The number of benzene rings is 3. The largest absolute Gasteiger partial charge is 0.454 e. The van der Waals surface area contributed by atoms with Gasteiger partial charge >= 0.3 is 0 Å². The second-order valence-corrected chi connectivity index (χ2v) is 7.51. The molecule has 6 aromatic rings. The van der Waals surface area contributed by atoms with E-state index in [-0.39, 0.29) is 0 Å². The Morgan fingerprint density at radius 2 is 1.67 bits per heavy atom. The number of para-hydroxylation sites is 2. The number of hydrogen-bond donors (Lipinski definition) is 1. The molecule has 0 atom stereocenters. The molecule has 0 saturated carbocycles. The van der Waals surface area contributed by atoms with Crippen LogP contribution in [-0.2, 0) is 0 Å². The maximum atomic E-state index is 6.09. The summed E-state index contributed by atoms with van der Waals surface area (Å²) in [5.41, 5.74) is 6.28. The number of rotatable bonds is 5. The van der Waals surface area contributed by atoms with Gasteiger partial charge in [0.25, 0.3) is 0 Å². The summed E-state index contributed by atoms with van der Waals surface area (Å²) in [6.07, 6.45) is 5.38. The fourth-order valence-electron chi connectivity index (χ4n) is 3.76. The molecule has 0 radical (unpaired) electrons. The third-order valence-corrected chi connectivity index (χ3v) is 5.37. The standard InChI is InChI=1S/C26H18N6O/c1-2-10-21(11-3-1)32-17-20(25(31-32)24-14-18-8-5-7-13-23(18)33-24)16-28-30-26-22-12-6-4-9-19(22)15-27-29-26/h1-17H,(H,29,30)/b28-16+. The lowest BCUT2D eigenvalue weighted by Crippen LogP contribution is -1.96. The van der Waals surface area contributed by atoms with Crippen molar-refractivity contribution in [2.75, 3.05) is 5.43 Å². The lowest BCUT2D eigenvalue weighted by molar-refractivity contribution is 0.627. The van der Waals surface area contributed by atoms with Crippen molar-refractivity contribution in [3.8, 4) is 17.1 Å². The molecular formula is C26H18N6O. The van der Waals surface area contributed by atoms with Gasteiger partial charge in [0.2, 0.25) is 0 Å². The third kappa shape index (κ3) is 3.61. The van der Waals surface area contributed by atoms with Gasteiger partial charge in [0.15, 0.2) is 11.6 Å². The van der Waals surface area contributed by atoms with Crippen LogP contribution >= 0.6 is 0 Å². The van der Waals surface area contributed by atoms with Gasteiger partial charge in [-0.25, -0.2) is 4.68 Å². The summed E-state index contributed by atoms with van der Waals surface area (Å²) in [5.74, 6) is 1.27. The van der Waals surface area contributed by atoms with Crippen molar-refractivity contribution in [2.45, 2.75) is 0 Å². The molecule has 3 heterocycles. The first-order valence-electron chi connectivity index (χ1n) is 10.5. The maximum absolute atomic E-state index is 6.09. The smallest absolute Gasteiger partial charge is 0.176 e. The Labute approximate surface area is 189 Å². The highest BCUT2D eigenvalue weighted by Gasteiger charge is 2.15. The van der Waals surface area contributed by atoms with Crippen molar-refractivity contribution in [2.24, 2.45) is 5.10 Å². The fourth-order valence-corrected chi connectivity index (χ4v) is 3.76. The fraction of sp³-hybridized carbons (Fsp3) is 0. The van der Waals surface area contributed by atoms with E-state index in [2.05, 4.69) is 20.7 Å². The molecule has 3 aromatic carbocycles. The summed E-state index contributed by atoms with van der Waals surface area (Å²) >= 11 is 0. The third-order valence-electron chi connectivity index (χ3n) is 5.37. The molecule has 0 aliphatic heterocycles. The van der Waals surface area contributed by atoms with Crippen LogP contribution in [-0.4, -0.2) is 26.2 Å². The average molecular weight is 430 g/mol. The second kappa shape index (κ2) is 8.05. The number of fused-ring (bicyclic) bond motifs is 2. The average Bonchev–Trinajstić information content (AvgIpc) is 3.49. The van der Waals surface area contributed by atoms with E-state index in [0.717, 1.165) is 33.0 Å². The number of hydrogen-bond acceptors (Lipinski definition) is 6. The molecule has 158 valence electrons. The summed E-state index contributed by atoms with van der Waals surface area (Å²) in [6.45, 7) is 0. The van der Waals surface area contributed by atoms with Gasteiger partial charge in [-0.3, -0.25) is 5.43 Å². The maximum Gasteiger partial charge on any atom is 0.176 e. The van der Waals surface area contributed by atoms with Gasteiger partial charge in [0, 0.05) is 27.9 Å². The van der Waals surface area contributed by atoms with E-state index in [1.54, 1.807) is 12.4 Å². The molecule has 0 fully saturated rings. The van der Waals surface area contributed by atoms with Crippen molar-refractivity contribution < 1.29 is 4.42 Å². The molecule has 1 N–H and O–H groups in total. The summed E-state index contributed by atoms with van der Waals surface area (Å²) < 4.78 is 7.91. The van der Waals surface area contributed by atoms with E-state index in [9.17, 15) is 0 Å². The van der Waals surface area contributed by atoms with Crippen LogP contribution in [0.15, 0.2) is 107 Å². The molecule has 0 spiro atoms. The van der Waals surface area contributed by atoms with Crippen LogP contribution in [0.5, 0.6) is 0 Å². The van der Waals surface area contributed by atoms with Crippen molar-refractivity contribution >= 4 is 33.8 Å². The number of aromatic nitrogens is 4. The van der Waals surface area contributed by atoms with Gasteiger partial charge in [0.1, 0.15) is 11.3 Å². The highest BCUT2D eigenvalue weighted by atomic mass is 16.3. The van der Waals surface area contributed by atoms with Gasteiger partial charge < -0.3 is 4.42 Å². The minimum atomic E-state index is 0.588. The lowest BCUT2D eigenvalue weighted by Gasteiger charge is -2.02. The van der Waals surface area contributed by atoms with Crippen LogP contribution in [0, 0.1) is 0 Å². The lowest BCUT2D eigenvalue weighted by atomic mass is 10.2. The molecule has 0 amide bonds. The zero-order valence-electron chi connectivity index (χ0n) is 17.5. The quantitative estimate of drug-likeness (QED) is 0.281. The summed E-state index contributed by atoms with van der Waals surface area (Å²) in [4.78, 5) is 0. The Balaban J connectivity index is 1.40. The van der Waals surface area contributed by atoms with E-state index < -0.39 is 0 Å². The Bertz CT molecular complexity index is 1560. The minimum Gasteiger partial charge on any atom is -0.454 e. The molecule has 3 aromatic heterocycles. The summed E-state index contributed by atoms with van der Waals surface area (Å²) in [6, 6.07) is 27.7. The first kappa shape index (κ1) is 18.9. The van der Waals surface area contributed by atoms with E-state index in [1.165, 1.54) is 0 Å². The molecule has 7 heteroatoms. The van der Waals surface area contributed by atoms with Gasteiger partial charge in [-0.1, -0.05) is 60.7 Å². The van der Waals surface area contributed by atoms with Crippen molar-refractivity contribution in [3.63, 3.8) is 0 Å². The van der Waals surface area contributed by atoms with E-state index in [0.29, 0.717) is 17.3 Å². The highest BCUT2D eigenvalue weighted by molar-refractivity contribution is 5.93. The van der Waals surface area contributed by atoms with Crippen LogP contribution in [0.2, 0.25) is 0 Å². The number of furan rings is 1. The molecular weight excluding hydrogens is 412 g/mol. The normalized spacial score (nSPS) is 11.5. The second-order valence-electron chi connectivity index (χ2n) is 7.51. The molecule has 0 aliphatic carbocycles. The molecule has 7 nitrogen and oxygen atoms in total. The predicted octanol–water partition coefficient (Wildman–Crippen LogP) is 5.67. The van der Waals surface area contributed by atoms with Gasteiger partial charge in [-0.15, -0.1) is 5.10 Å². The van der Waals surface area contributed by atoms with Crippen molar-refractivity contribution in [1.29, 1.82) is 0 Å². The zero-order chi connectivity index (χ0) is 22.0. The Morgan fingerprint density at radius 1 is 0.879 bits per heavy atom. The predicted molar refractivity (Wildman–Crippen MR) is 130 cm³/mol. The van der Waals surface area contributed by atoms with Gasteiger partial charge in [-0.2, -0.15) is 15.3 Å². The Morgan fingerprint density at radius 3 is 2.55 bits per heavy atom. The van der Waals surface area contributed by atoms with Crippen LogP contribution in [0.3, 0.4) is 0 Å². The molecule has 0 aliphatic rings. The van der Waals surface area contributed by atoms with Crippen LogP contribution < -0.4 is 5.43 Å². The van der Waals surface area contributed by atoms with E-state index in [4.69, 9.17) is 9.52 Å². The van der Waals surface area contributed by atoms with Crippen LogP contribution in [0.4, 0.5) is 5.82 Å². The van der Waals surface area contributed by atoms with Gasteiger partial charge in [0.05, 0.1) is 18.1 Å². The first-order valence-corrected chi connectivity index (χ1v) is 10.5. The number of nitrogens with zero attached hydrogens (tertiary/aromatic N) is 5. The minimum absolute atomic E-state index is 0.588. The number of anilines is 1. The van der Waals surface area contributed by atoms with Crippen LogP contribution in [0.25, 0.3) is 38.9 Å². The Kier molecular flexibility index (Phi) is 4.62. The summed E-state index contributed by atoms with van der Waals surface area (Å²) in [7, 11) is 0. The molecule has 6 rings (SSSR count). The van der Waals surface area contributed by atoms with Crippen molar-refractivity contribution in [1.82, 2.24) is 20.0 Å². The Hall–Kier alpha value is -4.78. The number of hydrazone groups is 1. The van der Waals surface area contributed by atoms with Gasteiger partial charge in [-0.05, 0) is 24.3 Å². The summed E-state index contributed by atoms with van der Waals surface area (Å²) in [5, 5.41) is 20.4. The molecule has 0 bridgehead atoms. The van der Waals surface area contributed by atoms with E-state index >= 15 is 0 Å². The topological polar surface area (TPSA) is 81.1 Å². The molecule has 33 heavy (non-hydrogen) atoms. The molecule has 0 unspecified atom stereocenters. The monoisotopic (exact) mass is 430 g/mol. The van der Waals surface area contributed by atoms with Crippen LogP contribution in [0.1, 0.15) is 5.56 Å². The first-order chi connectivity index (χ1) is 16.3. The van der Waals surface area contributed by atoms with Crippen molar-refractivity contribution in [3.05, 3.63) is 103 Å². The number of nitrogens with one attached hydrogen (secondary N) is 1. The molecule has 0 saturated heterocycles. The zero-order valence-corrected chi connectivity index (χ0v) is 17.5.